The van der Waals surface area contributed by atoms with Crippen LogP contribution in [0, 0.1) is 19.8 Å². The maximum atomic E-state index is 13.3. The number of pyridine rings is 1. The average molecular weight is 265 g/mol. The molecule has 2 rings (SSSR count). The van der Waals surface area contributed by atoms with E-state index in [1.807, 2.05) is 19.1 Å². The molecule has 19 heavy (non-hydrogen) atoms. The number of nitrogens with zero attached hydrogens (tertiary/aromatic N) is 1. The number of aromatic nitrogens is 1. The van der Waals surface area contributed by atoms with Crippen molar-refractivity contribution in [2.45, 2.75) is 13.8 Å². The molecule has 0 N–H and O–H groups in total. The molecule has 1 aromatic carbocycles. The first-order valence-corrected chi connectivity index (χ1v) is 5.61. The lowest BCUT2D eigenvalue weighted by Crippen LogP contribution is -1.93. The molecule has 5 heteroatoms. The number of methoxy groups -OCH3 is 2. The van der Waals surface area contributed by atoms with Crippen molar-refractivity contribution < 1.29 is 18.7 Å². The Balaban J connectivity index is 0.000000399. The van der Waals surface area contributed by atoms with Gasteiger partial charge in [0.2, 0.25) is 5.95 Å². The van der Waals surface area contributed by atoms with Gasteiger partial charge in [0.1, 0.15) is 11.3 Å². The van der Waals surface area contributed by atoms with Crippen molar-refractivity contribution in [1.82, 2.24) is 4.98 Å². The summed E-state index contributed by atoms with van der Waals surface area (Å²) in [7, 11) is 2.88. The van der Waals surface area contributed by atoms with Gasteiger partial charge in [-0.25, -0.2) is 4.98 Å². The van der Waals surface area contributed by atoms with Gasteiger partial charge in [0, 0.05) is 10.9 Å². The van der Waals surface area contributed by atoms with Crippen LogP contribution in [0.4, 0.5) is 4.39 Å². The predicted molar refractivity (Wildman–Crippen MR) is 70.8 cm³/mol. The first kappa shape index (κ1) is 14.9. The summed E-state index contributed by atoms with van der Waals surface area (Å²) in [5.74, 6) is 0.175. The van der Waals surface area contributed by atoms with Gasteiger partial charge in [-0.3, -0.25) is 4.79 Å². The molecule has 0 saturated heterocycles. The minimum Gasteiger partial charge on any atom is -0.494 e. The zero-order valence-corrected chi connectivity index (χ0v) is 11.4. The van der Waals surface area contributed by atoms with Crippen LogP contribution in [0.5, 0.6) is 5.75 Å². The Bertz CT molecular complexity index is 584. The van der Waals surface area contributed by atoms with Crippen molar-refractivity contribution in [2.75, 3.05) is 14.2 Å². The van der Waals surface area contributed by atoms with Crippen LogP contribution >= 0.6 is 0 Å². The molecule has 0 unspecified atom stereocenters. The molecular formula is C14H16FNO3. The Morgan fingerprint density at radius 3 is 2.37 bits per heavy atom. The smallest absolute Gasteiger partial charge is 0.292 e. The predicted octanol–water partition coefficient (Wildman–Crippen LogP) is 2.79. The molecule has 0 amide bonds. The van der Waals surface area contributed by atoms with Crippen LogP contribution in [0.15, 0.2) is 18.2 Å². The standard InChI is InChI=1S/C12H12FNO.C2H4O2/c1-7-4-9-6-8(2)12(13)14-11(9)10(5-7)15-3;1-4-2-3/h4-6H,1-3H3;2H,1H3. The fraction of sp³-hybridized carbons (Fsp3) is 0.286. The molecule has 0 aliphatic rings. The third-order valence-electron chi connectivity index (χ3n) is 2.47. The van der Waals surface area contributed by atoms with Crippen LogP contribution < -0.4 is 4.74 Å². The van der Waals surface area contributed by atoms with Gasteiger partial charge in [0.05, 0.1) is 14.2 Å². The number of fused-ring (bicyclic) bond motifs is 1. The van der Waals surface area contributed by atoms with Crippen LogP contribution in [-0.2, 0) is 9.53 Å². The molecule has 0 atom stereocenters. The number of aryl methyl sites for hydroxylation is 2. The van der Waals surface area contributed by atoms with Crippen LogP contribution in [-0.4, -0.2) is 25.7 Å². The second-order valence-corrected chi connectivity index (χ2v) is 3.97. The van der Waals surface area contributed by atoms with E-state index in [9.17, 15) is 4.39 Å². The zero-order chi connectivity index (χ0) is 14.4. The van der Waals surface area contributed by atoms with Gasteiger partial charge in [-0.15, -0.1) is 0 Å². The molecule has 0 radical (unpaired) electrons. The van der Waals surface area contributed by atoms with E-state index in [4.69, 9.17) is 9.53 Å². The summed E-state index contributed by atoms with van der Waals surface area (Å²) in [6, 6.07) is 5.61. The Morgan fingerprint density at radius 1 is 1.21 bits per heavy atom. The van der Waals surface area contributed by atoms with Gasteiger partial charge in [-0.2, -0.15) is 4.39 Å². The highest BCUT2D eigenvalue weighted by atomic mass is 19.1. The summed E-state index contributed by atoms with van der Waals surface area (Å²) in [4.78, 5) is 12.8. The van der Waals surface area contributed by atoms with E-state index in [0.29, 0.717) is 23.3 Å². The molecular weight excluding hydrogens is 249 g/mol. The largest absolute Gasteiger partial charge is 0.494 e. The molecule has 1 heterocycles. The van der Waals surface area contributed by atoms with Crippen LogP contribution in [0.1, 0.15) is 11.1 Å². The third kappa shape index (κ3) is 3.64. The number of rotatable bonds is 2. The summed E-state index contributed by atoms with van der Waals surface area (Å²) in [6.45, 7) is 4.05. The molecule has 0 bridgehead atoms. The van der Waals surface area contributed by atoms with E-state index < -0.39 is 5.95 Å². The summed E-state index contributed by atoms with van der Waals surface area (Å²) < 4.78 is 22.3. The fourth-order valence-corrected chi connectivity index (χ4v) is 1.64. The van der Waals surface area contributed by atoms with Crippen molar-refractivity contribution >= 4 is 17.4 Å². The highest BCUT2D eigenvalue weighted by Crippen LogP contribution is 2.26. The van der Waals surface area contributed by atoms with Gasteiger partial charge in [0.25, 0.3) is 6.47 Å². The van der Waals surface area contributed by atoms with Crippen LogP contribution in [0.3, 0.4) is 0 Å². The normalized spacial score (nSPS) is 9.53. The third-order valence-corrected chi connectivity index (χ3v) is 2.47. The number of hydrogen-bond donors (Lipinski definition) is 0. The molecule has 0 aliphatic heterocycles. The maximum absolute atomic E-state index is 13.3. The van der Waals surface area contributed by atoms with Crippen molar-refractivity contribution in [3.05, 3.63) is 35.3 Å². The summed E-state index contributed by atoms with van der Waals surface area (Å²) in [5.41, 5.74) is 2.20. The molecule has 102 valence electrons. The Kier molecular flexibility index (Phi) is 5.23. The second-order valence-electron chi connectivity index (χ2n) is 3.97. The molecule has 0 spiro atoms. The minimum absolute atomic E-state index is 0.375. The lowest BCUT2D eigenvalue weighted by Gasteiger charge is -2.07. The lowest BCUT2D eigenvalue weighted by molar-refractivity contribution is -0.126. The number of carbonyl (C=O) groups is 1. The quantitative estimate of drug-likeness (QED) is 0.619. The number of carbonyl (C=O) groups excluding carboxylic acids is 1. The van der Waals surface area contributed by atoms with Gasteiger partial charge < -0.3 is 9.47 Å². The highest BCUT2D eigenvalue weighted by molar-refractivity contribution is 5.85. The van der Waals surface area contributed by atoms with Crippen molar-refractivity contribution in [3.63, 3.8) is 0 Å². The molecule has 0 aliphatic carbocycles. The first-order chi connectivity index (χ1) is 9.03. The van der Waals surface area contributed by atoms with E-state index in [2.05, 4.69) is 9.72 Å². The highest BCUT2D eigenvalue weighted by Gasteiger charge is 2.08. The van der Waals surface area contributed by atoms with E-state index in [0.717, 1.165) is 10.9 Å². The monoisotopic (exact) mass is 265 g/mol. The SMILES string of the molecule is COC=O.COc1cc(C)cc2cc(C)c(F)nc12. The summed E-state index contributed by atoms with van der Waals surface area (Å²) in [6.07, 6.45) is 0. The van der Waals surface area contributed by atoms with Gasteiger partial charge in [-0.05, 0) is 37.6 Å². The fourth-order valence-electron chi connectivity index (χ4n) is 1.64. The van der Waals surface area contributed by atoms with E-state index in [-0.39, 0.29) is 0 Å². The second kappa shape index (κ2) is 6.68. The van der Waals surface area contributed by atoms with Crippen LogP contribution in [0.25, 0.3) is 10.9 Å². The van der Waals surface area contributed by atoms with Crippen molar-refractivity contribution in [1.29, 1.82) is 0 Å². The summed E-state index contributed by atoms with van der Waals surface area (Å²) >= 11 is 0. The Hall–Kier alpha value is -2.17. The lowest BCUT2D eigenvalue weighted by atomic mass is 10.1. The molecule has 4 nitrogen and oxygen atoms in total. The van der Waals surface area contributed by atoms with Gasteiger partial charge in [-0.1, -0.05) is 0 Å². The van der Waals surface area contributed by atoms with E-state index in [1.165, 1.54) is 7.11 Å². The van der Waals surface area contributed by atoms with Crippen LogP contribution in [0.2, 0.25) is 0 Å². The molecule has 2 aromatic rings. The molecule has 0 fully saturated rings. The first-order valence-electron chi connectivity index (χ1n) is 5.61. The summed E-state index contributed by atoms with van der Waals surface area (Å²) in [5, 5.41) is 0.908. The van der Waals surface area contributed by atoms with E-state index in [1.54, 1.807) is 20.1 Å². The van der Waals surface area contributed by atoms with Crippen molar-refractivity contribution in [3.8, 4) is 5.75 Å². The Labute approximate surface area is 111 Å². The molecule has 0 saturated carbocycles. The number of ether oxygens (including phenoxy) is 2. The minimum atomic E-state index is -0.440. The van der Waals surface area contributed by atoms with Gasteiger partial charge in [0.15, 0.2) is 0 Å². The Morgan fingerprint density at radius 2 is 1.84 bits per heavy atom. The number of halogens is 1. The number of hydrogen-bond acceptors (Lipinski definition) is 4. The number of benzene rings is 1. The average Bonchev–Trinajstić information content (AvgIpc) is 2.40. The van der Waals surface area contributed by atoms with Crippen molar-refractivity contribution in [2.24, 2.45) is 0 Å². The zero-order valence-electron chi connectivity index (χ0n) is 11.4. The molecule has 1 aromatic heterocycles. The maximum Gasteiger partial charge on any atom is 0.292 e. The van der Waals surface area contributed by atoms with Gasteiger partial charge >= 0.3 is 0 Å². The topological polar surface area (TPSA) is 48.4 Å². The van der Waals surface area contributed by atoms with E-state index >= 15 is 0 Å².